The van der Waals surface area contributed by atoms with Crippen LogP contribution in [0.2, 0.25) is 0 Å². The van der Waals surface area contributed by atoms with E-state index in [0.29, 0.717) is 6.42 Å². The molecule has 0 saturated heterocycles. The fourth-order valence-electron chi connectivity index (χ4n) is 1.35. The summed E-state index contributed by atoms with van der Waals surface area (Å²) in [4.78, 5) is 10.9. The summed E-state index contributed by atoms with van der Waals surface area (Å²) >= 11 is 1.87. The molecule has 1 aromatic carbocycles. The zero-order valence-corrected chi connectivity index (χ0v) is 10.7. The molecule has 0 bridgehead atoms. The molecule has 0 radical (unpaired) electrons. The molecule has 3 N–H and O–H groups in total. The molecule has 1 rings (SSSR count). The molecule has 0 aliphatic rings. The Morgan fingerprint density at radius 2 is 1.93 bits per heavy atom. The fraction of sp³-hybridized carbons (Fsp3) is 0.364. The number of nitrogen functional groups attached to an aromatic ring is 1. The Kier molecular flexibility index (Phi) is 5.45. The molecule has 0 aromatic heterocycles. The van der Waals surface area contributed by atoms with Crippen molar-refractivity contribution in [2.45, 2.75) is 25.7 Å². The number of carbonyl (C=O) groups excluding carboxylic acids is 1. The highest BCUT2D eigenvalue weighted by Crippen LogP contribution is 2.09. The third-order valence-electron chi connectivity index (χ3n) is 2.20. The van der Waals surface area contributed by atoms with Gasteiger partial charge in [0.25, 0.3) is 0 Å². The average molecular weight is 318 g/mol. The number of anilines is 1. The van der Waals surface area contributed by atoms with Crippen LogP contribution in [0.25, 0.3) is 0 Å². The largest absolute Gasteiger partial charge is 0.399 e. The number of hydrogen-bond donors (Lipinski definition) is 2. The van der Waals surface area contributed by atoms with Gasteiger partial charge in [-0.1, -0.05) is 12.1 Å². The molecular formula is C11H15IN2O. The SMILES string of the molecule is Nc1ccc(CCCCC(=O)NI)cc1. The smallest absolute Gasteiger partial charge is 0.228 e. The van der Waals surface area contributed by atoms with E-state index < -0.39 is 0 Å². The van der Waals surface area contributed by atoms with Crippen molar-refractivity contribution in [1.29, 1.82) is 0 Å². The number of amides is 1. The van der Waals surface area contributed by atoms with E-state index in [0.717, 1.165) is 24.9 Å². The van der Waals surface area contributed by atoms with Crippen LogP contribution in [0.15, 0.2) is 24.3 Å². The standard InChI is InChI=1S/C11H15IN2O/c12-14-11(15)4-2-1-3-9-5-7-10(13)8-6-9/h5-8H,1-4,13H2,(H,14,15). The van der Waals surface area contributed by atoms with Gasteiger partial charge in [0.1, 0.15) is 0 Å². The van der Waals surface area contributed by atoms with E-state index in [1.807, 2.05) is 47.1 Å². The van der Waals surface area contributed by atoms with Gasteiger partial charge in [0.15, 0.2) is 0 Å². The van der Waals surface area contributed by atoms with E-state index >= 15 is 0 Å². The minimum Gasteiger partial charge on any atom is -0.399 e. The summed E-state index contributed by atoms with van der Waals surface area (Å²) in [6, 6.07) is 7.89. The number of unbranched alkanes of at least 4 members (excludes halogenated alkanes) is 1. The number of aryl methyl sites for hydroxylation is 1. The average Bonchev–Trinajstić information content (AvgIpc) is 2.26. The molecule has 82 valence electrons. The van der Waals surface area contributed by atoms with Crippen molar-refractivity contribution in [3.8, 4) is 0 Å². The van der Waals surface area contributed by atoms with Gasteiger partial charge in [-0.2, -0.15) is 0 Å². The molecule has 3 nitrogen and oxygen atoms in total. The number of halogens is 1. The third-order valence-corrected chi connectivity index (χ3v) is 2.81. The highest BCUT2D eigenvalue weighted by Gasteiger charge is 1.98. The van der Waals surface area contributed by atoms with Crippen LogP contribution in [-0.2, 0) is 11.2 Å². The number of hydrogen-bond acceptors (Lipinski definition) is 2. The molecule has 0 unspecified atom stereocenters. The summed E-state index contributed by atoms with van der Waals surface area (Å²) in [6.45, 7) is 0. The van der Waals surface area contributed by atoms with Crippen LogP contribution in [-0.4, -0.2) is 5.91 Å². The van der Waals surface area contributed by atoms with E-state index in [1.165, 1.54) is 5.56 Å². The molecule has 0 atom stereocenters. The van der Waals surface area contributed by atoms with Gasteiger partial charge in [-0.15, -0.1) is 0 Å². The second-order valence-electron chi connectivity index (χ2n) is 3.47. The van der Waals surface area contributed by atoms with Crippen molar-refractivity contribution in [1.82, 2.24) is 3.53 Å². The molecule has 0 saturated carbocycles. The Morgan fingerprint density at radius 3 is 2.53 bits per heavy atom. The maximum atomic E-state index is 10.9. The Hall–Kier alpha value is -0.780. The minimum atomic E-state index is 0.105. The van der Waals surface area contributed by atoms with Crippen LogP contribution in [0.5, 0.6) is 0 Å². The zero-order chi connectivity index (χ0) is 11.1. The second kappa shape index (κ2) is 6.66. The Bertz CT molecular complexity index is 311. The number of nitrogens with two attached hydrogens (primary N) is 1. The molecule has 15 heavy (non-hydrogen) atoms. The van der Waals surface area contributed by atoms with Crippen molar-refractivity contribution in [3.63, 3.8) is 0 Å². The van der Waals surface area contributed by atoms with Crippen molar-refractivity contribution < 1.29 is 4.79 Å². The second-order valence-corrected chi connectivity index (χ2v) is 4.01. The normalized spacial score (nSPS) is 9.93. The van der Waals surface area contributed by atoms with Gasteiger partial charge in [0.2, 0.25) is 5.91 Å². The van der Waals surface area contributed by atoms with E-state index in [-0.39, 0.29) is 5.91 Å². The van der Waals surface area contributed by atoms with Crippen molar-refractivity contribution >= 4 is 34.5 Å². The Labute approximate surface area is 104 Å². The predicted octanol–water partition coefficient (Wildman–Crippen LogP) is 2.45. The number of benzene rings is 1. The van der Waals surface area contributed by atoms with Gasteiger partial charge in [0, 0.05) is 12.1 Å². The Morgan fingerprint density at radius 1 is 1.27 bits per heavy atom. The summed E-state index contributed by atoms with van der Waals surface area (Å²) in [5.41, 5.74) is 7.66. The van der Waals surface area contributed by atoms with Crippen LogP contribution >= 0.6 is 22.9 Å². The van der Waals surface area contributed by atoms with E-state index in [2.05, 4.69) is 3.53 Å². The van der Waals surface area contributed by atoms with E-state index in [1.54, 1.807) is 0 Å². The lowest BCUT2D eigenvalue weighted by molar-refractivity contribution is -0.118. The van der Waals surface area contributed by atoms with Crippen LogP contribution in [0, 0.1) is 0 Å². The molecular weight excluding hydrogens is 303 g/mol. The first-order valence-corrected chi connectivity index (χ1v) is 6.04. The van der Waals surface area contributed by atoms with E-state index in [9.17, 15) is 4.79 Å². The molecule has 0 fully saturated rings. The lowest BCUT2D eigenvalue weighted by atomic mass is 10.1. The maximum absolute atomic E-state index is 10.9. The molecule has 1 aromatic rings. The zero-order valence-electron chi connectivity index (χ0n) is 8.50. The predicted molar refractivity (Wildman–Crippen MR) is 70.6 cm³/mol. The highest BCUT2D eigenvalue weighted by molar-refractivity contribution is 14.1. The molecule has 0 aliphatic carbocycles. The summed E-state index contributed by atoms with van der Waals surface area (Å²) in [5, 5.41) is 0. The van der Waals surface area contributed by atoms with Crippen LogP contribution < -0.4 is 9.26 Å². The summed E-state index contributed by atoms with van der Waals surface area (Å²) in [7, 11) is 0. The van der Waals surface area contributed by atoms with E-state index in [4.69, 9.17) is 5.73 Å². The molecule has 0 spiro atoms. The fourth-order valence-corrected chi connectivity index (χ4v) is 1.62. The molecule has 0 heterocycles. The van der Waals surface area contributed by atoms with Gasteiger partial charge < -0.3 is 5.73 Å². The lowest BCUT2D eigenvalue weighted by Gasteiger charge is -2.01. The molecule has 1 amide bonds. The summed E-state index contributed by atoms with van der Waals surface area (Å²) < 4.78 is 2.59. The summed E-state index contributed by atoms with van der Waals surface area (Å²) in [6.07, 6.45) is 3.58. The minimum absolute atomic E-state index is 0.105. The van der Waals surface area contributed by atoms with Gasteiger partial charge in [-0.3, -0.25) is 8.32 Å². The van der Waals surface area contributed by atoms with Crippen molar-refractivity contribution in [3.05, 3.63) is 29.8 Å². The summed E-state index contributed by atoms with van der Waals surface area (Å²) in [5.74, 6) is 0.105. The monoisotopic (exact) mass is 318 g/mol. The highest BCUT2D eigenvalue weighted by atomic mass is 127. The molecule has 0 aliphatic heterocycles. The van der Waals surface area contributed by atoms with Gasteiger partial charge in [0.05, 0.1) is 22.9 Å². The topological polar surface area (TPSA) is 55.1 Å². The first kappa shape index (κ1) is 12.3. The van der Waals surface area contributed by atoms with Gasteiger partial charge in [-0.05, 0) is 37.0 Å². The number of rotatable bonds is 5. The van der Waals surface area contributed by atoms with Crippen molar-refractivity contribution in [2.24, 2.45) is 0 Å². The maximum Gasteiger partial charge on any atom is 0.228 e. The quantitative estimate of drug-likeness (QED) is 0.379. The number of carbonyl (C=O) groups is 1. The number of nitrogens with one attached hydrogen (secondary N) is 1. The third kappa shape index (κ3) is 5.01. The van der Waals surface area contributed by atoms with Crippen LogP contribution in [0.1, 0.15) is 24.8 Å². The van der Waals surface area contributed by atoms with Crippen LogP contribution in [0.4, 0.5) is 5.69 Å². The Balaban J connectivity index is 2.20. The van der Waals surface area contributed by atoms with Crippen molar-refractivity contribution in [2.75, 3.05) is 5.73 Å². The van der Waals surface area contributed by atoms with Crippen LogP contribution in [0.3, 0.4) is 0 Å². The first-order chi connectivity index (χ1) is 7.22. The van der Waals surface area contributed by atoms with Gasteiger partial charge in [-0.25, -0.2) is 0 Å². The molecule has 4 heteroatoms. The lowest BCUT2D eigenvalue weighted by Crippen LogP contribution is -2.10. The van der Waals surface area contributed by atoms with Gasteiger partial charge >= 0.3 is 0 Å². The first-order valence-electron chi connectivity index (χ1n) is 4.96.